The third-order valence-corrected chi connectivity index (χ3v) is 6.06. The first-order valence-electron chi connectivity index (χ1n) is 14.3. The van der Waals surface area contributed by atoms with Crippen LogP contribution in [0.3, 0.4) is 0 Å². The molecule has 5 rings (SSSR count). The van der Waals surface area contributed by atoms with Gasteiger partial charge >= 0.3 is 6.03 Å². The van der Waals surface area contributed by atoms with E-state index in [1.807, 2.05) is 20.8 Å². The summed E-state index contributed by atoms with van der Waals surface area (Å²) in [5.74, 6) is 0.179. The van der Waals surface area contributed by atoms with Crippen molar-refractivity contribution in [1.82, 2.24) is 30.4 Å². The van der Waals surface area contributed by atoms with Crippen LogP contribution in [0.25, 0.3) is 10.9 Å². The van der Waals surface area contributed by atoms with Crippen LogP contribution in [0.5, 0.6) is 23.1 Å². The Hall–Kier alpha value is -4.45. The van der Waals surface area contributed by atoms with Gasteiger partial charge in [-0.05, 0) is 64.9 Å². The minimum Gasteiger partial charge on any atom is -0.493 e. The molecule has 0 radical (unpaired) electrons. The van der Waals surface area contributed by atoms with Gasteiger partial charge in [0, 0.05) is 35.3 Å². The van der Waals surface area contributed by atoms with Crippen molar-refractivity contribution in [1.29, 1.82) is 0 Å². The maximum atomic E-state index is 15.2. The van der Waals surface area contributed by atoms with Crippen LogP contribution in [0, 0.1) is 5.82 Å². The summed E-state index contributed by atoms with van der Waals surface area (Å²) in [4.78, 5) is 20.8. The third kappa shape index (κ3) is 6.40. The Labute approximate surface area is 235 Å². The smallest absolute Gasteiger partial charge is 0.342 e. The van der Waals surface area contributed by atoms with E-state index in [2.05, 4.69) is 31.0 Å². The molecule has 0 atom stereocenters. The molecule has 0 aliphatic carbocycles. The molecule has 0 unspecified atom stereocenters. The number of carbonyl (C=O) groups excluding carboxylic acids is 1. The molecule has 0 bridgehead atoms. The van der Waals surface area contributed by atoms with Gasteiger partial charge in [0.1, 0.15) is 29.8 Å². The van der Waals surface area contributed by atoms with Crippen LogP contribution in [-0.4, -0.2) is 57.5 Å². The van der Waals surface area contributed by atoms with Gasteiger partial charge in [0.25, 0.3) is 0 Å². The molecular weight excluding hydrogens is 517 g/mol. The van der Waals surface area contributed by atoms with Crippen LogP contribution in [0.2, 0.25) is 0 Å². The van der Waals surface area contributed by atoms with Gasteiger partial charge in [0.2, 0.25) is 5.88 Å². The maximum absolute atomic E-state index is 15.2. The van der Waals surface area contributed by atoms with Gasteiger partial charge in [0.05, 0.1) is 22.4 Å². The molecule has 1 aliphatic rings. The summed E-state index contributed by atoms with van der Waals surface area (Å²) in [7, 11) is -2.70. The summed E-state index contributed by atoms with van der Waals surface area (Å²) >= 11 is 0. The number of fused-ring (bicyclic) bond motifs is 1. The van der Waals surface area contributed by atoms with E-state index in [4.69, 9.17) is 18.3 Å². The molecule has 1 saturated heterocycles. The summed E-state index contributed by atoms with van der Waals surface area (Å²) in [6, 6.07) is 8.33. The predicted octanol–water partition coefficient (Wildman–Crippen LogP) is 5.00. The second kappa shape index (κ2) is 11.3. The van der Waals surface area contributed by atoms with Crippen molar-refractivity contribution in [3.05, 3.63) is 54.7 Å². The number of piperidine rings is 1. The molecule has 0 saturated carbocycles. The number of aromatic nitrogens is 4. The SMILES string of the molecule is [2H]C([2H])([2H])Oc1cc2ncnc(Nc3ccc(Oc4ccn(C(=O)NC(C)(C)C)n4)cc3F)c2cc1OC1CCNCC1. The Kier molecular flexibility index (Phi) is 6.65. The largest absolute Gasteiger partial charge is 0.493 e. The van der Waals surface area contributed by atoms with Gasteiger partial charge in [-0.1, -0.05) is 0 Å². The van der Waals surface area contributed by atoms with Crippen LogP contribution >= 0.6 is 0 Å². The summed E-state index contributed by atoms with van der Waals surface area (Å²) in [5.41, 5.74) is 0.0347. The highest BCUT2D eigenvalue weighted by atomic mass is 19.1. The lowest BCUT2D eigenvalue weighted by molar-refractivity contribution is 0.157. The van der Waals surface area contributed by atoms with E-state index in [1.165, 1.54) is 42.9 Å². The van der Waals surface area contributed by atoms with Crippen molar-refractivity contribution in [2.45, 2.75) is 45.3 Å². The molecule has 1 aliphatic heterocycles. The molecule has 2 aromatic carbocycles. The fourth-order valence-electron chi connectivity index (χ4n) is 4.19. The van der Waals surface area contributed by atoms with Crippen molar-refractivity contribution in [2.24, 2.45) is 0 Å². The fraction of sp³-hybridized carbons (Fsp3) is 0.357. The van der Waals surface area contributed by atoms with E-state index in [9.17, 15) is 4.79 Å². The molecule has 1 amide bonds. The van der Waals surface area contributed by atoms with E-state index in [0.29, 0.717) is 10.9 Å². The molecule has 3 N–H and O–H groups in total. The van der Waals surface area contributed by atoms with Crippen LogP contribution in [0.4, 0.5) is 20.7 Å². The average molecular weight is 553 g/mol. The molecule has 3 heterocycles. The number of anilines is 2. The number of halogens is 1. The lowest BCUT2D eigenvalue weighted by atomic mass is 10.1. The van der Waals surface area contributed by atoms with Crippen molar-refractivity contribution < 1.29 is 27.5 Å². The summed E-state index contributed by atoms with van der Waals surface area (Å²) < 4.78 is 56.1. The lowest BCUT2D eigenvalue weighted by Gasteiger charge is -2.25. The lowest BCUT2D eigenvalue weighted by Crippen LogP contribution is -2.43. The third-order valence-electron chi connectivity index (χ3n) is 6.06. The Morgan fingerprint density at radius 2 is 1.98 bits per heavy atom. The Morgan fingerprint density at radius 1 is 1.15 bits per heavy atom. The number of benzene rings is 2. The van der Waals surface area contributed by atoms with Crippen LogP contribution in [0.15, 0.2) is 48.9 Å². The Morgan fingerprint density at radius 3 is 2.73 bits per heavy atom. The highest BCUT2D eigenvalue weighted by Crippen LogP contribution is 2.36. The fourth-order valence-corrected chi connectivity index (χ4v) is 4.19. The van der Waals surface area contributed by atoms with E-state index < -0.39 is 24.4 Å². The molecule has 1 fully saturated rings. The average Bonchev–Trinajstić information content (AvgIpc) is 3.38. The first-order valence-corrected chi connectivity index (χ1v) is 12.8. The molecule has 2 aromatic heterocycles. The molecule has 12 heteroatoms. The number of rotatable bonds is 7. The second-order valence-electron chi connectivity index (χ2n) is 10.4. The number of hydrogen-bond acceptors (Lipinski definition) is 9. The van der Waals surface area contributed by atoms with Gasteiger partial charge in [-0.3, -0.25) is 0 Å². The van der Waals surface area contributed by atoms with Gasteiger partial charge in [0.15, 0.2) is 11.5 Å². The van der Waals surface area contributed by atoms with Crippen molar-refractivity contribution in [3.63, 3.8) is 0 Å². The van der Waals surface area contributed by atoms with E-state index in [-0.39, 0.29) is 40.7 Å². The summed E-state index contributed by atoms with van der Waals surface area (Å²) in [6.45, 7) is 7.10. The van der Waals surface area contributed by atoms with Gasteiger partial charge in [-0.2, -0.15) is 4.68 Å². The Bertz CT molecular complexity index is 1620. The topological polar surface area (TPSA) is 124 Å². The number of nitrogens with one attached hydrogen (secondary N) is 3. The highest BCUT2D eigenvalue weighted by molar-refractivity contribution is 5.93. The van der Waals surface area contributed by atoms with Crippen molar-refractivity contribution in [2.75, 3.05) is 25.4 Å². The van der Waals surface area contributed by atoms with Crippen LogP contribution in [-0.2, 0) is 0 Å². The number of amides is 1. The number of carbonyl (C=O) groups is 1. The zero-order valence-electron chi connectivity index (χ0n) is 25.3. The molecule has 0 spiro atoms. The minimum atomic E-state index is -2.70. The number of methoxy groups -OCH3 is 1. The maximum Gasteiger partial charge on any atom is 0.342 e. The Balaban J connectivity index is 1.37. The van der Waals surface area contributed by atoms with Gasteiger partial charge < -0.3 is 30.2 Å². The first-order chi connectivity index (χ1) is 20.3. The second-order valence-corrected chi connectivity index (χ2v) is 10.4. The standard InChI is InChI=1S/C28H32FN7O4/c1-28(2,3)34-27(37)36-12-9-25(35-36)40-18-5-6-21(20(29)13-18)33-26-19-14-24(39-17-7-10-30-11-8-17)23(38-4)15-22(19)31-16-32-26/h5-6,9,12-17,30H,7-8,10-11H2,1-4H3,(H,34,37)(H,31,32,33)/i4D3. The summed E-state index contributed by atoms with van der Waals surface area (Å²) in [6.07, 6.45) is 4.07. The molecule has 11 nitrogen and oxygen atoms in total. The number of hydrogen-bond donors (Lipinski definition) is 3. The first kappa shape index (κ1) is 23.4. The summed E-state index contributed by atoms with van der Waals surface area (Å²) in [5, 5.41) is 13.6. The van der Waals surface area contributed by atoms with Crippen LogP contribution in [0.1, 0.15) is 37.7 Å². The molecule has 40 heavy (non-hydrogen) atoms. The van der Waals surface area contributed by atoms with Gasteiger partial charge in [-0.25, -0.2) is 19.2 Å². The highest BCUT2D eigenvalue weighted by Gasteiger charge is 2.20. The molecule has 4 aromatic rings. The van der Waals surface area contributed by atoms with Gasteiger partial charge in [-0.15, -0.1) is 5.10 Å². The van der Waals surface area contributed by atoms with Crippen LogP contribution < -0.4 is 30.2 Å². The quantitative estimate of drug-likeness (QED) is 0.291. The van der Waals surface area contributed by atoms with E-state index in [0.717, 1.165) is 30.6 Å². The number of ether oxygens (including phenoxy) is 3. The molecule has 210 valence electrons. The zero-order valence-corrected chi connectivity index (χ0v) is 22.3. The minimum absolute atomic E-state index is 0.0293. The van der Waals surface area contributed by atoms with E-state index >= 15 is 4.39 Å². The zero-order chi connectivity index (χ0) is 30.8. The predicted molar refractivity (Wildman–Crippen MR) is 148 cm³/mol. The van der Waals surface area contributed by atoms with Crippen molar-refractivity contribution >= 4 is 28.4 Å². The van der Waals surface area contributed by atoms with E-state index in [1.54, 1.807) is 6.07 Å². The molecular formula is C28H32FN7O4. The normalized spacial score (nSPS) is 15.6. The number of nitrogens with zero attached hydrogens (tertiary/aromatic N) is 4. The van der Waals surface area contributed by atoms with Crippen molar-refractivity contribution in [3.8, 4) is 23.1 Å². The monoisotopic (exact) mass is 552 g/mol.